The number of amides is 1. The Labute approximate surface area is 135 Å². The Kier molecular flexibility index (Phi) is 3.87. The van der Waals surface area contributed by atoms with Gasteiger partial charge < -0.3 is 23.8 Å². The average molecular weight is 319 g/mol. The second-order valence-corrected chi connectivity index (χ2v) is 6.21. The van der Waals surface area contributed by atoms with E-state index in [1.165, 1.54) is 0 Å². The fraction of sp³-hybridized carbons (Fsp3) is 0.588. The Morgan fingerprint density at radius 3 is 3.04 bits per heavy atom. The highest BCUT2D eigenvalue weighted by Gasteiger charge is 2.44. The zero-order valence-corrected chi connectivity index (χ0v) is 13.2. The Morgan fingerprint density at radius 1 is 1.30 bits per heavy atom. The van der Waals surface area contributed by atoms with E-state index in [1.807, 2.05) is 23.1 Å². The van der Waals surface area contributed by atoms with Gasteiger partial charge in [0.05, 0.1) is 25.2 Å². The van der Waals surface area contributed by atoms with Crippen molar-refractivity contribution in [3.8, 4) is 11.5 Å². The summed E-state index contributed by atoms with van der Waals surface area (Å²) >= 11 is 0. The molecule has 2 heterocycles. The molecule has 6 nitrogen and oxygen atoms in total. The lowest BCUT2D eigenvalue weighted by atomic mass is 10.1. The van der Waals surface area contributed by atoms with Crippen LogP contribution in [0, 0.1) is 0 Å². The van der Waals surface area contributed by atoms with Crippen LogP contribution in [-0.4, -0.2) is 56.1 Å². The van der Waals surface area contributed by atoms with E-state index in [0.717, 1.165) is 24.2 Å². The zero-order valence-electron chi connectivity index (χ0n) is 13.2. The lowest BCUT2D eigenvalue weighted by molar-refractivity contribution is -0.134. The molecule has 1 amide bonds. The third kappa shape index (κ3) is 2.66. The molecule has 0 N–H and O–H groups in total. The summed E-state index contributed by atoms with van der Waals surface area (Å²) in [4.78, 5) is 14.7. The predicted molar refractivity (Wildman–Crippen MR) is 81.5 cm³/mol. The van der Waals surface area contributed by atoms with Gasteiger partial charge in [-0.2, -0.15) is 0 Å². The summed E-state index contributed by atoms with van der Waals surface area (Å²) in [6, 6.07) is 5.79. The van der Waals surface area contributed by atoms with Crippen LogP contribution in [0.15, 0.2) is 18.2 Å². The molecule has 4 rings (SSSR count). The molecule has 6 heteroatoms. The van der Waals surface area contributed by atoms with Crippen molar-refractivity contribution < 1.29 is 23.7 Å². The van der Waals surface area contributed by atoms with E-state index in [4.69, 9.17) is 18.9 Å². The molecule has 3 aliphatic rings. The van der Waals surface area contributed by atoms with Gasteiger partial charge in [-0.1, -0.05) is 6.07 Å². The molecule has 1 aliphatic carbocycles. The zero-order chi connectivity index (χ0) is 15.8. The summed E-state index contributed by atoms with van der Waals surface area (Å²) in [6.07, 6.45) is 2.35. The van der Waals surface area contributed by atoms with Crippen LogP contribution in [0.3, 0.4) is 0 Å². The molecule has 23 heavy (non-hydrogen) atoms. The molecule has 1 saturated carbocycles. The van der Waals surface area contributed by atoms with Crippen LogP contribution in [0.5, 0.6) is 11.5 Å². The molecule has 0 unspecified atom stereocenters. The van der Waals surface area contributed by atoms with Crippen molar-refractivity contribution in [3.63, 3.8) is 0 Å². The van der Waals surface area contributed by atoms with E-state index in [2.05, 4.69) is 0 Å². The Balaban J connectivity index is 1.49. The topological polar surface area (TPSA) is 57.2 Å². The lowest BCUT2D eigenvalue weighted by Crippen LogP contribution is -2.46. The smallest absolute Gasteiger partial charge is 0.231 e. The number of methoxy groups -OCH3 is 1. The summed E-state index contributed by atoms with van der Waals surface area (Å²) in [5, 5.41) is 0. The van der Waals surface area contributed by atoms with E-state index in [-0.39, 0.29) is 30.9 Å². The summed E-state index contributed by atoms with van der Waals surface area (Å²) < 4.78 is 22.1. The third-order valence-electron chi connectivity index (χ3n) is 4.94. The van der Waals surface area contributed by atoms with Gasteiger partial charge in [0.1, 0.15) is 6.10 Å². The number of hydrogen-bond acceptors (Lipinski definition) is 5. The van der Waals surface area contributed by atoms with Crippen LogP contribution in [0.2, 0.25) is 0 Å². The Bertz CT molecular complexity index is 605. The number of carbonyl (C=O) groups excluding carboxylic acids is 1. The van der Waals surface area contributed by atoms with Crippen LogP contribution in [-0.2, 0) is 20.7 Å². The van der Waals surface area contributed by atoms with Gasteiger partial charge in [0.25, 0.3) is 0 Å². The number of nitrogens with zero attached hydrogens (tertiary/aromatic N) is 1. The minimum absolute atomic E-state index is 0.0156. The first-order chi connectivity index (χ1) is 11.3. The number of rotatable bonds is 3. The third-order valence-corrected chi connectivity index (χ3v) is 4.94. The maximum absolute atomic E-state index is 12.8. The fourth-order valence-corrected chi connectivity index (χ4v) is 3.84. The molecule has 1 saturated heterocycles. The lowest BCUT2D eigenvalue weighted by Gasteiger charge is -2.30. The van der Waals surface area contributed by atoms with Gasteiger partial charge in [0.15, 0.2) is 11.5 Å². The Morgan fingerprint density at radius 2 is 2.17 bits per heavy atom. The standard InChI is InChI=1S/C17H21NO5/c1-20-17-12-3-5-14(17)21-7-6-18(12)16(19)9-11-2-4-13-15(8-11)23-10-22-13/h2,4,8,12,14,17H,3,5-7,9-10H2,1H3/t12-,14-,17+/m1/s1. The SMILES string of the molecule is CO[C@H]1[C@H]2CC[C@H]1OCCN2C(=O)Cc1ccc2c(c1)OCO2. The van der Waals surface area contributed by atoms with E-state index in [1.54, 1.807) is 7.11 Å². The number of hydrogen-bond donors (Lipinski definition) is 0. The van der Waals surface area contributed by atoms with Crippen LogP contribution in [0.1, 0.15) is 18.4 Å². The molecule has 0 radical (unpaired) electrons. The summed E-state index contributed by atoms with van der Waals surface area (Å²) in [6.45, 7) is 1.45. The van der Waals surface area contributed by atoms with Crippen molar-refractivity contribution in [2.75, 3.05) is 27.1 Å². The Hall–Kier alpha value is -1.79. The minimum atomic E-state index is -0.0156. The second kappa shape index (κ2) is 6.02. The van der Waals surface area contributed by atoms with Crippen molar-refractivity contribution in [3.05, 3.63) is 23.8 Å². The monoisotopic (exact) mass is 319 g/mol. The molecule has 2 bridgehead atoms. The van der Waals surface area contributed by atoms with Gasteiger partial charge in [0, 0.05) is 13.7 Å². The molecule has 2 fully saturated rings. The van der Waals surface area contributed by atoms with E-state index in [9.17, 15) is 4.79 Å². The van der Waals surface area contributed by atoms with Crippen molar-refractivity contribution in [1.29, 1.82) is 0 Å². The van der Waals surface area contributed by atoms with Gasteiger partial charge in [-0.3, -0.25) is 4.79 Å². The quantitative estimate of drug-likeness (QED) is 0.842. The minimum Gasteiger partial charge on any atom is -0.454 e. The first-order valence-electron chi connectivity index (χ1n) is 8.08. The second-order valence-electron chi connectivity index (χ2n) is 6.21. The predicted octanol–water partition coefficient (Wildman–Crippen LogP) is 1.36. The molecule has 124 valence electrons. The summed E-state index contributed by atoms with van der Waals surface area (Å²) in [5.74, 6) is 1.56. The number of ether oxygens (including phenoxy) is 4. The van der Waals surface area contributed by atoms with Gasteiger partial charge in [0.2, 0.25) is 12.7 Å². The van der Waals surface area contributed by atoms with Crippen molar-refractivity contribution >= 4 is 5.91 Å². The van der Waals surface area contributed by atoms with E-state index < -0.39 is 0 Å². The summed E-state index contributed by atoms with van der Waals surface area (Å²) in [5.41, 5.74) is 0.938. The summed E-state index contributed by atoms with van der Waals surface area (Å²) in [7, 11) is 1.70. The van der Waals surface area contributed by atoms with Crippen LogP contribution in [0.4, 0.5) is 0 Å². The van der Waals surface area contributed by atoms with Gasteiger partial charge in [-0.25, -0.2) is 0 Å². The maximum Gasteiger partial charge on any atom is 0.231 e. The molecule has 3 atom stereocenters. The molecule has 0 aromatic heterocycles. The van der Waals surface area contributed by atoms with Crippen molar-refractivity contribution in [2.45, 2.75) is 37.5 Å². The molecule has 0 spiro atoms. The molecule has 1 aromatic rings. The largest absolute Gasteiger partial charge is 0.454 e. The highest BCUT2D eigenvalue weighted by Crippen LogP contribution is 2.34. The van der Waals surface area contributed by atoms with Crippen molar-refractivity contribution in [2.24, 2.45) is 0 Å². The normalized spacial score (nSPS) is 28.7. The van der Waals surface area contributed by atoms with Crippen LogP contribution < -0.4 is 9.47 Å². The number of carbonyl (C=O) groups is 1. The van der Waals surface area contributed by atoms with Crippen LogP contribution >= 0.6 is 0 Å². The first-order valence-corrected chi connectivity index (χ1v) is 8.08. The fourth-order valence-electron chi connectivity index (χ4n) is 3.84. The number of fused-ring (bicyclic) bond motifs is 3. The van der Waals surface area contributed by atoms with E-state index >= 15 is 0 Å². The first kappa shape index (κ1) is 14.8. The average Bonchev–Trinajstić information content (AvgIpc) is 3.10. The highest BCUT2D eigenvalue weighted by atomic mass is 16.7. The van der Waals surface area contributed by atoms with E-state index in [0.29, 0.717) is 25.3 Å². The van der Waals surface area contributed by atoms with Gasteiger partial charge in [-0.05, 0) is 30.5 Å². The molecule has 1 aromatic carbocycles. The maximum atomic E-state index is 12.8. The molecular formula is C17H21NO5. The van der Waals surface area contributed by atoms with Crippen molar-refractivity contribution in [1.82, 2.24) is 4.90 Å². The van der Waals surface area contributed by atoms with Gasteiger partial charge >= 0.3 is 0 Å². The highest BCUT2D eigenvalue weighted by molar-refractivity contribution is 5.79. The van der Waals surface area contributed by atoms with Gasteiger partial charge in [-0.15, -0.1) is 0 Å². The number of benzene rings is 1. The molecule has 2 aliphatic heterocycles. The van der Waals surface area contributed by atoms with Crippen LogP contribution in [0.25, 0.3) is 0 Å². The molecular weight excluding hydrogens is 298 g/mol.